The van der Waals surface area contributed by atoms with Gasteiger partial charge in [-0.1, -0.05) is 23.7 Å². The molecule has 2 aliphatic heterocycles. The molecule has 1 aromatic rings. The lowest BCUT2D eigenvalue weighted by molar-refractivity contribution is 0.0814. The minimum Gasteiger partial charge on any atom is -0.380 e. The summed E-state index contributed by atoms with van der Waals surface area (Å²) in [6.45, 7) is 7.48. The zero-order valence-corrected chi connectivity index (χ0v) is 12.0. The fraction of sp³-hybridized carbons (Fsp3) is 0.600. The molecule has 1 aromatic carbocycles. The molecule has 2 saturated heterocycles. The second-order valence-corrected chi connectivity index (χ2v) is 5.90. The number of hydrogen-bond donors (Lipinski definition) is 0. The number of halogens is 1. The molecule has 0 radical (unpaired) electrons. The largest absolute Gasteiger partial charge is 0.380 e. The van der Waals surface area contributed by atoms with E-state index in [4.69, 9.17) is 16.3 Å². The number of ether oxygens (including phenoxy) is 1. The van der Waals surface area contributed by atoms with E-state index < -0.39 is 0 Å². The molecule has 1 unspecified atom stereocenters. The number of rotatable bonds is 3. The predicted octanol–water partition coefficient (Wildman–Crippen LogP) is 2.25. The SMILES string of the molecule is Clc1cccc(CN2CCN(C3CCOC3)CC2)c1. The van der Waals surface area contributed by atoms with E-state index in [0.717, 1.165) is 51.0 Å². The van der Waals surface area contributed by atoms with Crippen LogP contribution in [0.2, 0.25) is 5.02 Å². The molecule has 0 aromatic heterocycles. The molecule has 0 aliphatic carbocycles. The van der Waals surface area contributed by atoms with Crippen molar-refractivity contribution in [1.29, 1.82) is 0 Å². The Bertz CT molecular complexity index is 412. The Kier molecular flexibility index (Phi) is 4.38. The van der Waals surface area contributed by atoms with E-state index in [0.29, 0.717) is 6.04 Å². The van der Waals surface area contributed by atoms with Crippen LogP contribution in [0, 0.1) is 0 Å². The van der Waals surface area contributed by atoms with Gasteiger partial charge in [0.1, 0.15) is 0 Å². The molecule has 1 atom stereocenters. The van der Waals surface area contributed by atoms with Crippen LogP contribution >= 0.6 is 11.6 Å². The molecule has 0 N–H and O–H groups in total. The maximum absolute atomic E-state index is 6.03. The molecule has 2 aliphatic rings. The quantitative estimate of drug-likeness (QED) is 0.845. The lowest BCUT2D eigenvalue weighted by Crippen LogP contribution is -2.50. The van der Waals surface area contributed by atoms with E-state index in [1.165, 1.54) is 12.0 Å². The smallest absolute Gasteiger partial charge is 0.0622 e. The molecule has 2 heterocycles. The maximum atomic E-state index is 6.03. The molecular formula is C15H21ClN2O. The van der Waals surface area contributed by atoms with E-state index in [1.807, 2.05) is 12.1 Å². The first kappa shape index (κ1) is 13.4. The number of benzene rings is 1. The van der Waals surface area contributed by atoms with E-state index >= 15 is 0 Å². The fourth-order valence-electron chi connectivity index (χ4n) is 2.99. The Hall–Kier alpha value is -0.610. The van der Waals surface area contributed by atoms with Crippen molar-refractivity contribution in [3.8, 4) is 0 Å². The first-order chi connectivity index (χ1) is 9.31. The summed E-state index contributed by atoms with van der Waals surface area (Å²) in [4.78, 5) is 5.10. The first-order valence-electron chi connectivity index (χ1n) is 7.10. The Morgan fingerprint density at radius 3 is 2.74 bits per heavy atom. The van der Waals surface area contributed by atoms with Gasteiger partial charge in [0, 0.05) is 50.4 Å². The van der Waals surface area contributed by atoms with Gasteiger partial charge in [0.2, 0.25) is 0 Å². The monoisotopic (exact) mass is 280 g/mol. The number of nitrogens with zero attached hydrogens (tertiary/aromatic N) is 2. The standard InChI is InChI=1S/C15H21ClN2O/c16-14-3-1-2-13(10-14)11-17-5-7-18(8-6-17)15-4-9-19-12-15/h1-3,10,15H,4-9,11-12H2. The van der Waals surface area contributed by atoms with E-state index in [2.05, 4.69) is 21.9 Å². The zero-order valence-electron chi connectivity index (χ0n) is 11.2. The molecular weight excluding hydrogens is 260 g/mol. The lowest BCUT2D eigenvalue weighted by atomic mass is 10.1. The highest BCUT2D eigenvalue weighted by Crippen LogP contribution is 2.17. The van der Waals surface area contributed by atoms with Gasteiger partial charge in [-0.05, 0) is 24.1 Å². The molecule has 19 heavy (non-hydrogen) atoms. The van der Waals surface area contributed by atoms with E-state index in [1.54, 1.807) is 0 Å². The third-order valence-electron chi connectivity index (χ3n) is 4.12. The molecule has 0 saturated carbocycles. The van der Waals surface area contributed by atoms with Crippen LogP contribution in [0.25, 0.3) is 0 Å². The topological polar surface area (TPSA) is 15.7 Å². The van der Waals surface area contributed by atoms with Crippen molar-refractivity contribution in [2.45, 2.75) is 19.0 Å². The summed E-state index contributed by atoms with van der Waals surface area (Å²) in [6, 6.07) is 8.85. The van der Waals surface area contributed by atoms with Crippen LogP contribution < -0.4 is 0 Å². The van der Waals surface area contributed by atoms with Crippen LogP contribution in [-0.4, -0.2) is 55.2 Å². The van der Waals surface area contributed by atoms with Gasteiger partial charge < -0.3 is 4.74 Å². The molecule has 0 bridgehead atoms. The average Bonchev–Trinajstić information content (AvgIpc) is 2.94. The minimum atomic E-state index is 0.660. The fourth-order valence-corrected chi connectivity index (χ4v) is 3.20. The van der Waals surface area contributed by atoms with E-state index in [-0.39, 0.29) is 0 Å². The van der Waals surface area contributed by atoms with Gasteiger partial charge >= 0.3 is 0 Å². The highest BCUT2D eigenvalue weighted by Gasteiger charge is 2.26. The average molecular weight is 281 g/mol. The molecule has 0 spiro atoms. The van der Waals surface area contributed by atoms with Crippen LogP contribution in [0.15, 0.2) is 24.3 Å². The highest BCUT2D eigenvalue weighted by molar-refractivity contribution is 6.30. The third kappa shape index (κ3) is 3.48. The van der Waals surface area contributed by atoms with Crippen LogP contribution in [0.1, 0.15) is 12.0 Å². The summed E-state index contributed by atoms with van der Waals surface area (Å²) in [7, 11) is 0. The van der Waals surface area contributed by atoms with Crippen molar-refractivity contribution in [3.05, 3.63) is 34.9 Å². The number of hydrogen-bond acceptors (Lipinski definition) is 3. The molecule has 3 rings (SSSR count). The Morgan fingerprint density at radius 1 is 1.21 bits per heavy atom. The van der Waals surface area contributed by atoms with Crippen LogP contribution in [-0.2, 0) is 11.3 Å². The lowest BCUT2D eigenvalue weighted by Gasteiger charge is -2.37. The number of piperazine rings is 1. The zero-order chi connectivity index (χ0) is 13.1. The summed E-state index contributed by atoms with van der Waals surface area (Å²) < 4.78 is 5.48. The van der Waals surface area contributed by atoms with Gasteiger partial charge in [0.05, 0.1) is 6.61 Å². The van der Waals surface area contributed by atoms with Gasteiger partial charge in [0.15, 0.2) is 0 Å². The summed E-state index contributed by atoms with van der Waals surface area (Å²) in [5.74, 6) is 0. The van der Waals surface area contributed by atoms with Crippen molar-refractivity contribution in [3.63, 3.8) is 0 Å². The Balaban J connectivity index is 1.50. The second kappa shape index (κ2) is 6.23. The van der Waals surface area contributed by atoms with Crippen LogP contribution in [0.5, 0.6) is 0 Å². The molecule has 4 heteroatoms. The van der Waals surface area contributed by atoms with Gasteiger partial charge in [-0.3, -0.25) is 9.80 Å². The highest BCUT2D eigenvalue weighted by atomic mass is 35.5. The van der Waals surface area contributed by atoms with Crippen LogP contribution in [0.4, 0.5) is 0 Å². The normalized spacial score (nSPS) is 25.8. The van der Waals surface area contributed by atoms with Crippen LogP contribution in [0.3, 0.4) is 0 Å². The van der Waals surface area contributed by atoms with Gasteiger partial charge in [-0.2, -0.15) is 0 Å². The van der Waals surface area contributed by atoms with E-state index in [9.17, 15) is 0 Å². The summed E-state index contributed by atoms with van der Waals surface area (Å²) in [5, 5.41) is 0.833. The Labute approximate surface area is 120 Å². The predicted molar refractivity (Wildman–Crippen MR) is 77.5 cm³/mol. The summed E-state index contributed by atoms with van der Waals surface area (Å²) in [5.41, 5.74) is 1.31. The van der Waals surface area contributed by atoms with Crippen molar-refractivity contribution < 1.29 is 4.74 Å². The molecule has 3 nitrogen and oxygen atoms in total. The second-order valence-electron chi connectivity index (χ2n) is 5.46. The molecule has 2 fully saturated rings. The van der Waals surface area contributed by atoms with Crippen molar-refractivity contribution in [2.24, 2.45) is 0 Å². The van der Waals surface area contributed by atoms with Crippen molar-refractivity contribution >= 4 is 11.6 Å². The minimum absolute atomic E-state index is 0.660. The van der Waals surface area contributed by atoms with Crippen molar-refractivity contribution in [1.82, 2.24) is 9.80 Å². The van der Waals surface area contributed by atoms with Gasteiger partial charge in [-0.25, -0.2) is 0 Å². The first-order valence-corrected chi connectivity index (χ1v) is 7.48. The van der Waals surface area contributed by atoms with Gasteiger partial charge in [0.25, 0.3) is 0 Å². The summed E-state index contributed by atoms with van der Waals surface area (Å²) in [6.07, 6.45) is 1.20. The maximum Gasteiger partial charge on any atom is 0.0622 e. The molecule has 104 valence electrons. The van der Waals surface area contributed by atoms with Crippen molar-refractivity contribution in [2.75, 3.05) is 39.4 Å². The molecule has 0 amide bonds. The van der Waals surface area contributed by atoms with Gasteiger partial charge in [-0.15, -0.1) is 0 Å². The Morgan fingerprint density at radius 2 is 2.05 bits per heavy atom. The third-order valence-corrected chi connectivity index (χ3v) is 4.36. The summed E-state index contributed by atoms with van der Waals surface area (Å²) >= 11 is 6.03.